The van der Waals surface area contributed by atoms with Crippen LogP contribution in [0.15, 0.2) is 48.5 Å². The maximum Gasteiger partial charge on any atom is 0.407 e. The number of nitrogens with zero attached hydrogens (tertiary/aromatic N) is 1. The molecule has 3 atom stereocenters. The second kappa shape index (κ2) is 10.9. The Kier molecular flexibility index (Phi) is 7.73. The third kappa shape index (κ3) is 5.66. The van der Waals surface area contributed by atoms with Crippen LogP contribution in [0.2, 0.25) is 0 Å². The molecule has 0 bridgehead atoms. The van der Waals surface area contributed by atoms with E-state index in [4.69, 9.17) is 4.74 Å². The Hall–Kier alpha value is -3.35. The van der Waals surface area contributed by atoms with Gasteiger partial charge in [0.2, 0.25) is 5.91 Å². The maximum absolute atomic E-state index is 12.6. The number of piperidine rings is 1. The minimum absolute atomic E-state index is 0.0216. The van der Waals surface area contributed by atoms with Crippen molar-refractivity contribution >= 4 is 18.0 Å². The number of nitrogens with one attached hydrogen (secondary N) is 1. The number of hydrogen-bond donors (Lipinski definition) is 2. The molecule has 2 aromatic rings. The lowest BCUT2D eigenvalue weighted by Crippen LogP contribution is -2.46. The molecule has 1 fully saturated rings. The van der Waals surface area contributed by atoms with Gasteiger partial charge in [-0.15, -0.1) is 0 Å². The van der Waals surface area contributed by atoms with Crippen LogP contribution in [0, 0.1) is 5.92 Å². The molecule has 0 saturated carbocycles. The van der Waals surface area contributed by atoms with Crippen molar-refractivity contribution in [1.82, 2.24) is 10.2 Å². The fraction of sp³-hybridized carbons (Fsp3) is 0.464. The summed E-state index contributed by atoms with van der Waals surface area (Å²) >= 11 is 0. The molecule has 4 rings (SSSR count). The lowest BCUT2D eigenvalue weighted by atomic mass is 9.91. The molecular formula is C28H34N2O5. The van der Waals surface area contributed by atoms with E-state index >= 15 is 0 Å². The zero-order valence-electron chi connectivity index (χ0n) is 20.4. The van der Waals surface area contributed by atoms with E-state index in [9.17, 15) is 19.5 Å². The van der Waals surface area contributed by atoms with Gasteiger partial charge >= 0.3 is 12.1 Å². The maximum atomic E-state index is 12.6. The van der Waals surface area contributed by atoms with Gasteiger partial charge in [-0.2, -0.15) is 0 Å². The molecule has 1 heterocycles. The molecule has 186 valence electrons. The normalized spacial score (nSPS) is 20.0. The Morgan fingerprint density at radius 1 is 1.09 bits per heavy atom. The lowest BCUT2D eigenvalue weighted by Gasteiger charge is -2.36. The second-order valence-electron chi connectivity index (χ2n) is 9.76. The number of fused-ring (bicyclic) bond motifs is 3. The number of carbonyl (C=O) groups is 3. The average molecular weight is 479 g/mol. The summed E-state index contributed by atoms with van der Waals surface area (Å²) in [5.74, 6) is -1.07. The van der Waals surface area contributed by atoms with Gasteiger partial charge in [-0.1, -0.05) is 48.5 Å². The number of alkyl carbamates (subject to hydrolysis) is 1. The Balaban J connectivity index is 1.20. The highest BCUT2D eigenvalue weighted by atomic mass is 16.5. The molecule has 35 heavy (non-hydrogen) atoms. The van der Waals surface area contributed by atoms with Gasteiger partial charge in [-0.3, -0.25) is 9.59 Å². The molecule has 2 amide bonds. The van der Waals surface area contributed by atoms with Crippen LogP contribution >= 0.6 is 0 Å². The number of benzene rings is 2. The van der Waals surface area contributed by atoms with E-state index in [-0.39, 0.29) is 36.4 Å². The van der Waals surface area contributed by atoms with Crippen LogP contribution in [0.5, 0.6) is 0 Å². The summed E-state index contributed by atoms with van der Waals surface area (Å²) < 4.78 is 5.60. The van der Waals surface area contributed by atoms with Crippen LogP contribution in [0.4, 0.5) is 4.79 Å². The van der Waals surface area contributed by atoms with Gasteiger partial charge in [0.25, 0.3) is 0 Å². The molecule has 1 unspecified atom stereocenters. The van der Waals surface area contributed by atoms with E-state index in [2.05, 4.69) is 29.6 Å². The van der Waals surface area contributed by atoms with Gasteiger partial charge in [-0.05, 0) is 61.8 Å². The molecule has 1 saturated heterocycles. The number of likely N-dealkylation sites (tertiary alicyclic amines) is 1. The predicted octanol–water partition coefficient (Wildman–Crippen LogP) is 4.80. The molecule has 0 spiro atoms. The summed E-state index contributed by atoms with van der Waals surface area (Å²) in [5, 5.41) is 12.1. The minimum Gasteiger partial charge on any atom is -0.481 e. The summed E-state index contributed by atoms with van der Waals surface area (Å²) in [4.78, 5) is 38.0. The third-order valence-corrected chi connectivity index (χ3v) is 7.28. The lowest BCUT2D eigenvalue weighted by molar-refractivity contribution is -0.147. The number of ether oxygens (including phenoxy) is 1. The van der Waals surface area contributed by atoms with Gasteiger partial charge in [0.15, 0.2) is 0 Å². The summed E-state index contributed by atoms with van der Waals surface area (Å²) in [6, 6.07) is 16.3. The van der Waals surface area contributed by atoms with E-state index < -0.39 is 12.1 Å². The Morgan fingerprint density at radius 2 is 1.71 bits per heavy atom. The van der Waals surface area contributed by atoms with Crippen molar-refractivity contribution in [1.29, 1.82) is 0 Å². The third-order valence-electron chi connectivity index (χ3n) is 7.28. The minimum atomic E-state index is -0.780. The molecule has 7 nitrogen and oxygen atoms in total. The summed E-state index contributed by atoms with van der Waals surface area (Å²) in [7, 11) is 0. The molecule has 1 aliphatic carbocycles. The zero-order chi connectivity index (χ0) is 24.9. The monoisotopic (exact) mass is 478 g/mol. The number of carboxylic acid groups (broad SMARTS) is 1. The first-order chi connectivity index (χ1) is 16.8. The van der Waals surface area contributed by atoms with Crippen molar-refractivity contribution < 1.29 is 24.2 Å². The van der Waals surface area contributed by atoms with Crippen molar-refractivity contribution in [2.75, 3.05) is 13.2 Å². The summed E-state index contributed by atoms with van der Waals surface area (Å²) in [6.45, 7) is 4.58. The Labute approximate surface area is 206 Å². The highest BCUT2D eigenvalue weighted by molar-refractivity contribution is 5.79. The van der Waals surface area contributed by atoms with Gasteiger partial charge in [0.1, 0.15) is 6.61 Å². The number of aliphatic carboxylic acids is 1. The quantitative estimate of drug-likeness (QED) is 0.568. The highest BCUT2D eigenvalue weighted by Crippen LogP contribution is 2.44. The van der Waals surface area contributed by atoms with Crippen LogP contribution in [0.25, 0.3) is 11.1 Å². The van der Waals surface area contributed by atoms with Gasteiger partial charge in [0.05, 0.1) is 5.92 Å². The summed E-state index contributed by atoms with van der Waals surface area (Å²) in [6.07, 6.45) is 2.26. The smallest absolute Gasteiger partial charge is 0.407 e. The second-order valence-corrected chi connectivity index (χ2v) is 9.76. The highest BCUT2D eigenvalue weighted by Gasteiger charge is 2.32. The molecule has 1 aliphatic heterocycles. The van der Waals surface area contributed by atoms with Gasteiger partial charge in [0, 0.05) is 31.0 Å². The number of amides is 2. The standard InChI is InChI=1S/C28H34N2O5/c1-18(8-7-13-26(31)30-15-14-20(27(32)33)16-19(30)2)29-28(34)35-17-25-23-11-5-3-9-21(23)22-10-4-6-12-24(22)25/h3-6,9-12,18-20,25H,7-8,13-17H2,1-2H3,(H,29,34)(H,32,33)/t18?,19-,20-/m0/s1. The van der Waals surface area contributed by atoms with E-state index in [1.54, 1.807) is 4.90 Å². The van der Waals surface area contributed by atoms with Gasteiger partial charge < -0.3 is 20.1 Å². The Bertz CT molecular complexity index is 1040. The first kappa shape index (κ1) is 24.8. The SMILES string of the molecule is CC(CCCC(=O)N1CC[C@H](C(=O)O)C[C@@H]1C)NC(=O)OCC1c2ccccc2-c2ccccc21. The van der Waals surface area contributed by atoms with Gasteiger partial charge in [-0.25, -0.2) is 4.79 Å². The first-order valence-electron chi connectivity index (χ1n) is 12.5. The molecule has 2 aliphatic rings. The zero-order valence-corrected chi connectivity index (χ0v) is 20.4. The number of carboxylic acids is 1. The molecule has 2 N–H and O–H groups in total. The van der Waals surface area contributed by atoms with Crippen LogP contribution in [-0.4, -0.2) is 53.2 Å². The molecule has 0 aromatic heterocycles. The molecule has 0 radical (unpaired) electrons. The van der Waals surface area contributed by atoms with Crippen molar-refractivity contribution in [3.05, 3.63) is 59.7 Å². The van der Waals surface area contributed by atoms with Crippen LogP contribution in [0.3, 0.4) is 0 Å². The van der Waals surface area contributed by atoms with E-state index in [0.29, 0.717) is 38.6 Å². The molecular weight excluding hydrogens is 444 g/mol. The van der Waals surface area contributed by atoms with Crippen molar-refractivity contribution in [2.45, 2.75) is 64.0 Å². The topological polar surface area (TPSA) is 95.9 Å². The van der Waals surface area contributed by atoms with Crippen molar-refractivity contribution in [3.63, 3.8) is 0 Å². The van der Waals surface area contributed by atoms with Crippen LogP contribution < -0.4 is 5.32 Å². The van der Waals surface area contributed by atoms with E-state index in [1.807, 2.05) is 38.1 Å². The fourth-order valence-electron chi connectivity index (χ4n) is 5.38. The number of carbonyl (C=O) groups excluding carboxylic acids is 2. The first-order valence-corrected chi connectivity index (χ1v) is 12.5. The van der Waals surface area contributed by atoms with E-state index in [0.717, 1.165) is 0 Å². The van der Waals surface area contributed by atoms with Crippen molar-refractivity contribution in [3.8, 4) is 11.1 Å². The van der Waals surface area contributed by atoms with E-state index in [1.165, 1.54) is 22.3 Å². The average Bonchev–Trinajstić information content (AvgIpc) is 3.16. The fourth-order valence-corrected chi connectivity index (χ4v) is 5.38. The Morgan fingerprint density at radius 3 is 2.31 bits per heavy atom. The summed E-state index contributed by atoms with van der Waals surface area (Å²) in [5.41, 5.74) is 4.73. The van der Waals surface area contributed by atoms with Crippen LogP contribution in [0.1, 0.15) is 63.0 Å². The number of rotatable bonds is 8. The largest absolute Gasteiger partial charge is 0.481 e. The molecule has 7 heteroatoms. The van der Waals surface area contributed by atoms with Crippen LogP contribution in [-0.2, 0) is 14.3 Å². The number of hydrogen-bond acceptors (Lipinski definition) is 4. The molecule has 2 aromatic carbocycles. The van der Waals surface area contributed by atoms with Crippen molar-refractivity contribution in [2.24, 2.45) is 5.92 Å². The predicted molar refractivity (Wildman–Crippen MR) is 133 cm³/mol.